The summed E-state index contributed by atoms with van der Waals surface area (Å²) < 4.78 is 17.8. The van der Waals surface area contributed by atoms with Crippen molar-refractivity contribution in [2.45, 2.75) is 0 Å². The summed E-state index contributed by atoms with van der Waals surface area (Å²) in [5.41, 5.74) is 7.42. The fourth-order valence-corrected chi connectivity index (χ4v) is 1.86. The molecule has 0 atom stereocenters. The molecule has 0 bridgehead atoms. The van der Waals surface area contributed by atoms with Crippen molar-refractivity contribution in [2.75, 3.05) is 18.2 Å². The number of nitrogens with one attached hydrogen (secondary N) is 1. The Balaban J connectivity index is 2.37. The third-order valence-electron chi connectivity index (χ3n) is 2.65. The molecule has 0 unspecified atom stereocenters. The largest absolute Gasteiger partial charge is 0.465 e. The van der Waals surface area contributed by atoms with Crippen molar-refractivity contribution in [3.8, 4) is 0 Å². The Morgan fingerprint density at radius 1 is 1.30 bits per heavy atom. The summed E-state index contributed by atoms with van der Waals surface area (Å²) in [7, 11) is 1.28. The van der Waals surface area contributed by atoms with Gasteiger partial charge < -0.3 is 15.8 Å². The molecule has 0 aromatic heterocycles. The van der Waals surface area contributed by atoms with Crippen LogP contribution in [0.5, 0.6) is 0 Å². The van der Waals surface area contributed by atoms with Gasteiger partial charge in [0.05, 0.1) is 23.4 Å². The van der Waals surface area contributed by atoms with Gasteiger partial charge in [0.25, 0.3) is 0 Å². The zero-order valence-corrected chi connectivity index (χ0v) is 11.4. The van der Waals surface area contributed by atoms with Crippen molar-refractivity contribution in [2.24, 2.45) is 0 Å². The number of esters is 1. The number of halogens is 2. The Kier molecular flexibility index (Phi) is 4.10. The number of carbonyl (C=O) groups is 1. The van der Waals surface area contributed by atoms with E-state index in [1.807, 2.05) is 0 Å². The summed E-state index contributed by atoms with van der Waals surface area (Å²) in [6.07, 6.45) is 0. The molecule has 0 spiro atoms. The lowest BCUT2D eigenvalue weighted by atomic mass is 10.1. The number of ether oxygens (including phenoxy) is 1. The Bertz CT molecular complexity index is 662. The second kappa shape index (κ2) is 5.79. The van der Waals surface area contributed by atoms with Gasteiger partial charge in [0, 0.05) is 11.4 Å². The van der Waals surface area contributed by atoms with E-state index in [-0.39, 0.29) is 10.6 Å². The Labute approximate surface area is 120 Å². The molecular weight excluding hydrogens is 283 g/mol. The molecule has 0 heterocycles. The zero-order chi connectivity index (χ0) is 14.7. The first-order valence-corrected chi connectivity index (χ1v) is 6.09. The van der Waals surface area contributed by atoms with Gasteiger partial charge in [-0.25, -0.2) is 9.18 Å². The van der Waals surface area contributed by atoms with Gasteiger partial charge in [-0.15, -0.1) is 0 Å². The van der Waals surface area contributed by atoms with Crippen LogP contribution >= 0.6 is 11.6 Å². The van der Waals surface area contributed by atoms with Crippen LogP contribution < -0.4 is 11.1 Å². The van der Waals surface area contributed by atoms with Crippen LogP contribution in [0.25, 0.3) is 0 Å². The quantitative estimate of drug-likeness (QED) is 0.671. The average molecular weight is 295 g/mol. The van der Waals surface area contributed by atoms with Gasteiger partial charge >= 0.3 is 5.97 Å². The lowest BCUT2D eigenvalue weighted by molar-refractivity contribution is 0.0602. The summed E-state index contributed by atoms with van der Waals surface area (Å²) in [6.45, 7) is 0. The summed E-state index contributed by atoms with van der Waals surface area (Å²) in [6, 6.07) is 8.95. The van der Waals surface area contributed by atoms with Crippen LogP contribution in [-0.4, -0.2) is 13.1 Å². The highest BCUT2D eigenvalue weighted by Crippen LogP contribution is 2.26. The van der Waals surface area contributed by atoms with Crippen LogP contribution in [-0.2, 0) is 4.74 Å². The molecule has 0 amide bonds. The number of methoxy groups -OCH3 is 1. The molecule has 2 rings (SSSR count). The second-order valence-electron chi connectivity index (χ2n) is 4.05. The van der Waals surface area contributed by atoms with Crippen LogP contribution in [0.3, 0.4) is 0 Å². The number of benzene rings is 2. The summed E-state index contributed by atoms with van der Waals surface area (Å²) >= 11 is 5.71. The van der Waals surface area contributed by atoms with Crippen molar-refractivity contribution >= 4 is 34.6 Å². The standard InChI is InChI=1S/C14H12ClFN2O2/c1-20-14(19)10-6-8(17)2-5-13(10)18-9-3-4-12(16)11(15)7-9/h2-7,18H,17H2,1H3. The SMILES string of the molecule is COC(=O)c1cc(N)ccc1Nc1ccc(F)c(Cl)c1. The highest BCUT2D eigenvalue weighted by molar-refractivity contribution is 6.31. The average Bonchev–Trinajstić information content (AvgIpc) is 2.44. The van der Waals surface area contributed by atoms with Crippen LogP contribution in [0.4, 0.5) is 21.5 Å². The van der Waals surface area contributed by atoms with E-state index in [0.29, 0.717) is 17.1 Å². The topological polar surface area (TPSA) is 64.3 Å². The minimum atomic E-state index is -0.520. The third-order valence-corrected chi connectivity index (χ3v) is 2.94. The smallest absolute Gasteiger partial charge is 0.340 e. The van der Waals surface area contributed by atoms with Gasteiger partial charge in [0.2, 0.25) is 0 Å². The van der Waals surface area contributed by atoms with E-state index in [9.17, 15) is 9.18 Å². The molecular formula is C14H12ClFN2O2. The normalized spacial score (nSPS) is 10.2. The molecule has 0 fully saturated rings. The fourth-order valence-electron chi connectivity index (χ4n) is 1.68. The van der Waals surface area contributed by atoms with E-state index in [1.54, 1.807) is 12.1 Å². The van der Waals surface area contributed by atoms with E-state index in [1.165, 1.54) is 31.4 Å². The van der Waals surface area contributed by atoms with Crippen molar-refractivity contribution in [3.63, 3.8) is 0 Å². The van der Waals surface area contributed by atoms with Gasteiger partial charge in [-0.1, -0.05) is 11.6 Å². The third kappa shape index (κ3) is 3.00. The first-order valence-electron chi connectivity index (χ1n) is 5.71. The van der Waals surface area contributed by atoms with Crippen molar-refractivity contribution < 1.29 is 13.9 Å². The van der Waals surface area contributed by atoms with Crippen molar-refractivity contribution in [1.29, 1.82) is 0 Å². The molecule has 0 radical (unpaired) electrons. The molecule has 4 nitrogen and oxygen atoms in total. The predicted octanol–water partition coefficient (Wildman–Crippen LogP) is 3.59. The van der Waals surface area contributed by atoms with Crippen LogP contribution in [0.1, 0.15) is 10.4 Å². The molecule has 0 aliphatic carbocycles. The highest BCUT2D eigenvalue weighted by Gasteiger charge is 2.13. The minimum absolute atomic E-state index is 0.00920. The van der Waals surface area contributed by atoms with Gasteiger partial charge in [0.1, 0.15) is 5.82 Å². The molecule has 6 heteroatoms. The summed E-state index contributed by atoms with van der Waals surface area (Å²) in [5.74, 6) is -1.03. The van der Waals surface area contributed by atoms with Gasteiger partial charge in [-0.3, -0.25) is 0 Å². The van der Waals surface area contributed by atoms with E-state index in [4.69, 9.17) is 22.1 Å². The maximum atomic E-state index is 13.1. The summed E-state index contributed by atoms with van der Waals surface area (Å²) in [5, 5.41) is 2.97. The lowest BCUT2D eigenvalue weighted by Gasteiger charge is -2.12. The molecule has 0 saturated heterocycles. The van der Waals surface area contributed by atoms with E-state index in [2.05, 4.69) is 5.32 Å². The Morgan fingerprint density at radius 3 is 2.70 bits per heavy atom. The van der Waals surface area contributed by atoms with Crippen LogP contribution in [0.2, 0.25) is 5.02 Å². The molecule has 0 aliphatic heterocycles. The van der Waals surface area contributed by atoms with Crippen molar-refractivity contribution in [3.05, 3.63) is 52.8 Å². The van der Waals surface area contributed by atoms with Gasteiger partial charge in [-0.05, 0) is 36.4 Å². The second-order valence-corrected chi connectivity index (χ2v) is 4.46. The first kappa shape index (κ1) is 14.1. The molecule has 2 aromatic rings. The zero-order valence-electron chi connectivity index (χ0n) is 10.6. The lowest BCUT2D eigenvalue weighted by Crippen LogP contribution is -2.06. The van der Waals surface area contributed by atoms with E-state index >= 15 is 0 Å². The Morgan fingerprint density at radius 2 is 2.05 bits per heavy atom. The molecule has 2 aromatic carbocycles. The van der Waals surface area contributed by atoms with Crippen molar-refractivity contribution in [1.82, 2.24) is 0 Å². The Hall–Kier alpha value is -2.27. The number of hydrogen-bond acceptors (Lipinski definition) is 4. The number of nitrogens with two attached hydrogens (primary N) is 1. The van der Waals surface area contributed by atoms with E-state index in [0.717, 1.165) is 0 Å². The molecule has 20 heavy (non-hydrogen) atoms. The minimum Gasteiger partial charge on any atom is -0.465 e. The summed E-state index contributed by atoms with van der Waals surface area (Å²) in [4.78, 5) is 11.7. The number of carbonyl (C=O) groups excluding carboxylic acids is 1. The maximum absolute atomic E-state index is 13.1. The monoisotopic (exact) mass is 294 g/mol. The van der Waals surface area contributed by atoms with Gasteiger partial charge in [0.15, 0.2) is 0 Å². The molecule has 3 N–H and O–H groups in total. The van der Waals surface area contributed by atoms with Crippen LogP contribution in [0, 0.1) is 5.82 Å². The van der Waals surface area contributed by atoms with E-state index < -0.39 is 11.8 Å². The highest BCUT2D eigenvalue weighted by atomic mass is 35.5. The number of hydrogen-bond donors (Lipinski definition) is 2. The number of rotatable bonds is 3. The number of anilines is 3. The fraction of sp³-hybridized carbons (Fsp3) is 0.0714. The maximum Gasteiger partial charge on any atom is 0.340 e. The first-order chi connectivity index (χ1) is 9.51. The number of nitrogen functional groups attached to an aromatic ring is 1. The van der Waals surface area contributed by atoms with Crippen LogP contribution in [0.15, 0.2) is 36.4 Å². The molecule has 104 valence electrons. The van der Waals surface area contributed by atoms with Gasteiger partial charge in [-0.2, -0.15) is 0 Å². The molecule has 0 saturated carbocycles. The predicted molar refractivity (Wildman–Crippen MR) is 76.9 cm³/mol. The molecule has 0 aliphatic rings.